The summed E-state index contributed by atoms with van der Waals surface area (Å²) in [6, 6.07) is 0.122. The minimum atomic E-state index is -0.430. The van der Waals surface area contributed by atoms with E-state index in [2.05, 4.69) is 20.2 Å². The maximum atomic E-state index is 13.0. The Balaban J connectivity index is 2.27. The van der Waals surface area contributed by atoms with Crippen molar-refractivity contribution in [3.8, 4) is 0 Å². The van der Waals surface area contributed by atoms with Gasteiger partial charge in [0.1, 0.15) is 0 Å². The standard InChI is InChI=1S/C17H19N7O2/c1-5-12-20-17-22(13(25)6-2)16(26)11-7-18-15-10(14(11)24(17)21-12)8-19-23(15)9(3)4/h7-9H,5-6H2,1-4H3. The molecule has 0 radical (unpaired) electrons. The van der Waals surface area contributed by atoms with Gasteiger partial charge >= 0.3 is 0 Å². The molecule has 0 saturated heterocycles. The normalized spacial score (nSPS) is 12.0. The van der Waals surface area contributed by atoms with Gasteiger partial charge in [-0.1, -0.05) is 13.8 Å². The van der Waals surface area contributed by atoms with E-state index in [0.29, 0.717) is 34.2 Å². The van der Waals surface area contributed by atoms with Crippen LogP contribution in [0.2, 0.25) is 0 Å². The average Bonchev–Trinajstić information content (AvgIpc) is 3.24. The third kappa shape index (κ3) is 2.09. The Hall–Kier alpha value is -3.10. The molecule has 0 N–H and O–H groups in total. The van der Waals surface area contributed by atoms with Crippen LogP contribution in [-0.4, -0.2) is 39.8 Å². The van der Waals surface area contributed by atoms with Crippen LogP contribution in [-0.2, 0) is 6.42 Å². The van der Waals surface area contributed by atoms with Crippen LogP contribution < -0.4 is 5.56 Å². The predicted octanol–water partition coefficient (Wildman–Crippen LogP) is 1.98. The average molecular weight is 353 g/mol. The minimum Gasteiger partial charge on any atom is -0.274 e. The Kier molecular flexibility index (Phi) is 3.60. The summed E-state index contributed by atoms with van der Waals surface area (Å²) in [5.41, 5.74) is 0.816. The highest BCUT2D eigenvalue weighted by Crippen LogP contribution is 2.24. The van der Waals surface area contributed by atoms with Gasteiger partial charge < -0.3 is 0 Å². The van der Waals surface area contributed by atoms with Gasteiger partial charge in [-0.25, -0.2) is 14.2 Å². The molecule has 9 nitrogen and oxygen atoms in total. The van der Waals surface area contributed by atoms with Crippen LogP contribution in [0.5, 0.6) is 0 Å². The molecule has 26 heavy (non-hydrogen) atoms. The zero-order valence-electron chi connectivity index (χ0n) is 15.1. The largest absolute Gasteiger partial charge is 0.274 e. The second-order valence-corrected chi connectivity index (χ2v) is 6.42. The molecule has 0 spiro atoms. The Bertz CT molecular complexity index is 1230. The molecule has 9 heteroatoms. The minimum absolute atomic E-state index is 0.122. The molecule has 0 aliphatic heterocycles. The van der Waals surface area contributed by atoms with Crippen molar-refractivity contribution in [1.82, 2.24) is 33.9 Å². The van der Waals surface area contributed by atoms with Crippen LogP contribution in [0.3, 0.4) is 0 Å². The van der Waals surface area contributed by atoms with Crippen LogP contribution in [0.4, 0.5) is 0 Å². The SMILES string of the molecule is CCC(=O)n1c(=O)c2cnc3c(cnn3C(C)C)c2n2nc(CC)nc12. The van der Waals surface area contributed by atoms with Gasteiger partial charge in [0.2, 0.25) is 11.7 Å². The Morgan fingerprint density at radius 3 is 2.62 bits per heavy atom. The first-order chi connectivity index (χ1) is 12.5. The van der Waals surface area contributed by atoms with E-state index >= 15 is 0 Å². The number of hydrogen-bond donors (Lipinski definition) is 0. The quantitative estimate of drug-likeness (QED) is 0.558. The number of carbonyl (C=O) groups excluding carboxylic acids is 1. The van der Waals surface area contributed by atoms with E-state index in [1.165, 1.54) is 6.20 Å². The number of rotatable bonds is 3. The third-order valence-electron chi connectivity index (χ3n) is 4.43. The molecule has 4 aromatic heterocycles. The van der Waals surface area contributed by atoms with Crippen molar-refractivity contribution in [2.45, 2.75) is 46.6 Å². The second-order valence-electron chi connectivity index (χ2n) is 6.42. The maximum Gasteiger partial charge on any atom is 0.271 e. The molecule has 4 aromatic rings. The number of aryl methyl sites for hydroxylation is 1. The van der Waals surface area contributed by atoms with Crippen LogP contribution in [0.25, 0.3) is 27.7 Å². The lowest BCUT2D eigenvalue weighted by molar-refractivity contribution is 0.0908. The summed E-state index contributed by atoms with van der Waals surface area (Å²) >= 11 is 0. The predicted molar refractivity (Wildman–Crippen MR) is 96.5 cm³/mol. The third-order valence-corrected chi connectivity index (χ3v) is 4.43. The van der Waals surface area contributed by atoms with E-state index in [1.54, 1.807) is 22.3 Å². The number of pyridine rings is 1. The molecule has 4 heterocycles. The zero-order chi connectivity index (χ0) is 18.6. The van der Waals surface area contributed by atoms with Crippen molar-refractivity contribution in [2.75, 3.05) is 0 Å². The van der Waals surface area contributed by atoms with Crippen LogP contribution in [0.15, 0.2) is 17.2 Å². The van der Waals surface area contributed by atoms with Crippen molar-refractivity contribution in [1.29, 1.82) is 0 Å². The second kappa shape index (κ2) is 5.72. The summed E-state index contributed by atoms with van der Waals surface area (Å²) in [6.07, 6.45) is 3.96. The molecule has 0 aliphatic carbocycles. The first kappa shape index (κ1) is 16.4. The molecule has 134 valence electrons. The van der Waals surface area contributed by atoms with Crippen molar-refractivity contribution in [3.05, 3.63) is 28.6 Å². The van der Waals surface area contributed by atoms with Crippen molar-refractivity contribution < 1.29 is 4.79 Å². The molecule has 0 aliphatic rings. The fourth-order valence-electron chi connectivity index (χ4n) is 3.13. The Morgan fingerprint density at radius 1 is 1.19 bits per heavy atom. The number of fused-ring (bicyclic) bond motifs is 5. The summed E-state index contributed by atoms with van der Waals surface area (Å²) in [4.78, 5) is 34.2. The monoisotopic (exact) mass is 353 g/mol. The molecule has 0 fully saturated rings. The van der Waals surface area contributed by atoms with Crippen molar-refractivity contribution >= 4 is 33.6 Å². The molecule has 0 atom stereocenters. The van der Waals surface area contributed by atoms with E-state index in [4.69, 9.17) is 0 Å². The Labute approximate surface area is 148 Å². The van der Waals surface area contributed by atoms with Gasteiger partial charge in [0.05, 0.1) is 22.5 Å². The molecular weight excluding hydrogens is 334 g/mol. The van der Waals surface area contributed by atoms with Gasteiger partial charge in [0.25, 0.3) is 5.56 Å². The van der Waals surface area contributed by atoms with Gasteiger partial charge in [-0.05, 0) is 13.8 Å². The molecule has 0 saturated carbocycles. The highest BCUT2D eigenvalue weighted by molar-refractivity contribution is 6.03. The van der Waals surface area contributed by atoms with Gasteiger partial charge in [-0.3, -0.25) is 9.59 Å². The fourth-order valence-corrected chi connectivity index (χ4v) is 3.13. The summed E-state index contributed by atoms with van der Waals surface area (Å²) in [5.74, 6) is 0.474. The summed E-state index contributed by atoms with van der Waals surface area (Å²) in [7, 11) is 0. The van der Waals surface area contributed by atoms with E-state index < -0.39 is 5.56 Å². The first-order valence-electron chi connectivity index (χ1n) is 8.67. The number of aromatic nitrogens is 7. The highest BCUT2D eigenvalue weighted by atomic mass is 16.2. The number of hydrogen-bond acceptors (Lipinski definition) is 6. The number of carbonyl (C=O) groups is 1. The molecule has 4 rings (SSSR count). The van der Waals surface area contributed by atoms with Crippen LogP contribution >= 0.6 is 0 Å². The van der Waals surface area contributed by atoms with E-state index in [-0.39, 0.29) is 24.1 Å². The van der Waals surface area contributed by atoms with Crippen molar-refractivity contribution in [2.24, 2.45) is 0 Å². The lowest BCUT2D eigenvalue weighted by Crippen LogP contribution is -2.29. The van der Waals surface area contributed by atoms with Gasteiger partial charge in [-0.15, -0.1) is 5.10 Å². The van der Waals surface area contributed by atoms with Gasteiger partial charge in [0, 0.05) is 25.1 Å². The molecule has 0 unspecified atom stereocenters. The highest BCUT2D eigenvalue weighted by Gasteiger charge is 2.22. The molecule has 0 aromatic carbocycles. The van der Waals surface area contributed by atoms with Crippen LogP contribution in [0.1, 0.15) is 50.8 Å². The molecule has 0 bridgehead atoms. The van der Waals surface area contributed by atoms with Gasteiger partial charge in [0.15, 0.2) is 11.5 Å². The first-order valence-corrected chi connectivity index (χ1v) is 8.67. The summed E-state index contributed by atoms with van der Waals surface area (Å²) in [5, 5.41) is 9.94. The van der Waals surface area contributed by atoms with Gasteiger partial charge in [-0.2, -0.15) is 14.6 Å². The lowest BCUT2D eigenvalue weighted by Gasteiger charge is -2.09. The smallest absolute Gasteiger partial charge is 0.271 e. The lowest BCUT2D eigenvalue weighted by atomic mass is 10.2. The summed E-state index contributed by atoms with van der Waals surface area (Å²) < 4.78 is 4.45. The Morgan fingerprint density at radius 2 is 1.96 bits per heavy atom. The molecule has 0 amide bonds. The fraction of sp³-hybridized carbons (Fsp3) is 0.412. The van der Waals surface area contributed by atoms with E-state index in [9.17, 15) is 9.59 Å². The number of nitrogens with zero attached hydrogens (tertiary/aromatic N) is 7. The molecular formula is C17H19N7O2. The maximum absolute atomic E-state index is 13.0. The van der Waals surface area contributed by atoms with E-state index in [0.717, 1.165) is 4.57 Å². The topological polar surface area (TPSA) is 100.0 Å². The van der Waals surface area contributed by atoms with E-state index in [1.807, 2.05) is 20.8 Å². The van der Waals surface area contributed by atoms with Crippen LogP contribution in [0, 0.1) is 0 Å². The van der Waals surface area contributed by atoms with Crippen molar-refractivity contribution in [3.63, 3.8) is 0 Å². The zero-order valence-corrected chi connectivity index (χ0v) is 15.1. The summed E-state index contributed by atoms with van der Waals surface area (Å²) in [6.45, 7) is 7.66.